The molecule has 1 aliphatic heterocycles. The molecule has 2 atom stereocenters. The Morgan fingerprint density at radius 2 is 2.14 bits per heavy atom. The first-order valence-electron chi connectivity index (χ1n) is 8.15. The molecule has 0 aliphatic carbocycles. The van der Waals surface area contributed by atoms with Crippen LogP contribution in [-0.4, -0.2) is 38.5 Å². The lowest BCUT2D eigenvalue weighted by Crippen LogP contribution is -2.37. The maximum Gasteiger partial charge on any atom is 0.0863 e. The summed E-state index contributed by atoms with van der Waals surface area (Å²) >= 11 is 6.48. The molecule has 1 aromatic heterocycles. The lowest BCUT2D eigenvalue weighted by atomic mass is 10.0. The number of aliphatic hydroxyl groups excluding tert-OH is 1. The van der Waals surface area contributed by atoms with E-state index in [-0.39, 0.29) is 6.10 Å². The molecular formula is C16H28ClN3O. The predicted octanol–water partition coefficient (Wildman–Crippen LogP) is 3.15. The van der Waals surface area contributed by atoms with Crippen LogP contribution in [0.5, 0.6) is 0 Å². The van der Waals surface area contributed by atoms with E-state index in [9.17, 15) is 5.11 Å². The minimum atomic E-state index is -0.246. The molecular weight excluding hydrogens is 286 g/mol. The second-order valence-electron chi connectivity index (χ2n) is 6.24. The van der Waals surface area contributed by atoms with E-state index in [1.54, 1.807) is 0 Å². The summed E-state index contributed by atoms with van der Waals surface area (Å²) in [6.07, 6.45) is 6.40. The molecule has 0 bridgehead atoms. The summed E-state index contributed by atoms with van der Waals surface area (Å²) in [5.41, 5.74) is 2.09. The molecule has 4 nitrogen and oxygen atoms in total. The predicted molar refractivity (Wildman–Crippen MR) is 86.6 cm³/mol. The maximum atomic E-state index is 9.76. The van der Waals surface area contributed by atoms with Crippen molar-refractivity contribution in [3.63, 3.8) is 0 Å². The molecule has 1 N–H and O–H groups in total. The molecule has 2 unspecified atom stereocenters. The number of halogens is 1. The number of aromatic nitrogens is 2. The Hall–Kier alpha value is -0.580. The van der Waals surface area contributed by atoms with Crippen LogP contribution in [0.3, 0.4) is 0 Å². The van der Waals surface area contributed by atoms with Gasteiger partial charge in [-0.15, -0.1) is 0 Å². The normalized spacial score (nSPS) is 22.2. The van der Waals surface area contributed by atoms with E-state index in [1.165, 1.54) is 25.7 Å². The number of nitrogens with zero attached hydrogens (tertiary/aromatic N) is 3. The van der Waals surface area contributed by atoms with Crippen molar-refractivity contribution in [2.75, 3.05) is 6.54 Å². The minimum Gasteiger partial charge on any atom is -0.393 e. The van der Waals surface area contributed by atoms with Crippen LogP contribution in [0.25, 0.3) is 0 Å². The molecule has 5 heteroatoms. The van der Waals surface area contributed by atoms with Gasteiger partial charge in [0.25, 0.3) is 0 Å². The fourth-order valence-electron chi connectivity index (χ4n) is 3.29. The maximum absolute atomic E-state index is 9.76. The number of rotatable bonds is 5. The van der Waals surface area contributed by atoms with Gasteiger partial charge in [0.05, 0.1) is 22.5 Å². The molecule has 1 aromatic rings. The van der Waals surface area contributed by atoms with Crippen molar-refractivity contribution in [1.29, 1.82) is 0 Å². The molecule has 0 radical (unpaired) electrons. The largest absolute Gasteiger partial charge is 0.393 e. The van der Waals surface area contributed by atoms with Gasteiger partial charge in [-0.3, -0.25) is 9.58 Å². The lowest BCUT2D eigenvalue weighted by Gasteiger charge is -2.30. The Bertz CT molecular complexity index is 459. The number of aliphatic hydroxyl groups is 1. The Labute approximate surface area is 133 Å². The van der Waals surface area contributed by atoms with E-state index in [0.717, 1.165) is 42.3 Å². The number of aryl methyl sites for hydroxylation is 2. The zero-order valence-electron chi connectivity index (χ0n) is 13.5. The van der Waals surface area contributed by atoms with Crippen molar-refractivity contribution in [1.82, 2.24) is 14.7 Å². The standard InChI is InChI=1S/C16H28ClN3O/c1-4-14-16(17)15(19(3)18-14)11-20-9-7-5-6-8-13(20)10-12(2)21/h12-13,21H,4-11H2,1-3H3. The minimum absolute atomic E-state index is 0.246. The average molecular weight is 314 g/mol. The van der Waals surface area contributed by atoms with Crippen LogP contribution in [0.1, 0.15) is 57.3 Å². The third-order valence-electron chi connectivity index (χ3n) is 4.47. The summed E-state index contributed by atoms with van der Waals surface area (Å²) in [6.45, 7) is 5.88. The van der Waals surface area contributed by atoms with Crippen molar-refractivity contribution in [2.45, 2.75) is 71.1 Å². The SMILES string of the molecule is CCc1nn(C)c(CN2CCCCCC2CC(C)O)c1Cl. The summed E-state index contributed by atoms with van der Waals surface area (Å²) < 4.78 is 1.92. The molecule has 1 saturated heterocycles. The third kappa shape index (κ3) is 4.21. The van der Waals surface area contributed by atoms with Crippen molar-refractivity contribution < 1.29 is 5.11 Å². The highest BCUT2D eigenvalue weighted by Crippen LogP contribution is 2.27. The summed E-state index contributed by atoms with van der Waals surface area (Å²) in [5, 5.41) is 15.1. The van der Waals surface area contributed by atoms with Gasteiger partial charge in [0.15, 0.2) is 0 Å². The van der Waals surface area contributed by atoms with Gasteiger partial charge in [-0.2, -0.15) is 5.10 Å². The summed E-state index contributed by atoms with van der Waals surface area (Å²) in [4.78, 5) is 2.49. The molecule has 0 aromatic carbocycles. The summed E-state index contributed by atoms with van der Waals surface area (Å²) in [6, 6.07) is 0.448. The molecule has 21 heavy (non-hydrogen) atoms. The Kier molecular flexibility index (Phi) is 6.08. The van der Waals surface area contributed by atoms with Gasteiger partial charge in [-0.05, 0) is 39.2 Å². The van der Waals surface area contributed by atoms with Crippen LogP contribution in [0, 0.1) is 0 Å². The molecule has 0 saturated carbocycles. The first-order valence-corrected chi connectivity index (χ1v) is 8.53. The van der Waals surface area contributed by atoms with Gasteiger partial charge >= 0.3 is 0 Å². The fourth-order valence-corrected chi connectivity index (χ4v) is 3.64. The summed E-state index contributed by atoms with van der Waals surface area (Å²) in [7, 11) is 1.97. The molecule has 1 fully saturated rings. The van der Waals surface area contributed by atoms with Gasteiger partial charge in [0.1, 0.15) is 0 Å². The van der Waals surface area contributed by atoms with Crippen molar-refractivity contribution in [3.8, 4) is 0 Å². The highest BCUT2D eigenvalue weighted by molar-refractivity contribution is 6.31. The Morgan fingerprint density at radius 1 is 1.38 bits per heavy atom. The van der Waals surface area contributed by atoms with Crippen LogP contribution in [0.2, 0.25) is 5.02 Å². The van der Waals surface area contributed by atoms with E-state index >= 15 is 0 Å². The number of hydrogen-bond acceptors (Lipinski definition) is 3. The highest BCUT2D eigenvalue weighted by Gasteiger charge is 2.25. The van der Waals surface area contributed by atoms with Crippen molar-refractivity contribution >= 4 is 11.6 Å². The van der Waals surface area contributed by atoms with Gasteiger partial charge in [-0.1, -0.05) is 31.4 Å². The van der Waals surface area contributed by atoms with Gasteiger partial charge in [0.2, 0.25) is 0 Å². The smallest absolute Gasteiger partial charge is 0.0863 e. The van der Waals surface area contributed by atoms with Crippen LogP contribution < -0.4 is 0 Å². The van der Waals surface area contributed by atoms with E-state index in [1.807, 2.05) is 18.7 Å². The van der Waals surface area contributed by atoms with Crippen LogP contribution >= 0.6 is 11.6 Å². The third-order valence-corrected chi connectivity index (χ3v) is 4.90. The first-order chi connectivity index (χ1) is 10.0. The summed E-state index contributed by atoms with van der Waals surface area (Å²) in [5.74, 6) is 0. The quantitative estimate of drug-likeness (QED) is 0.908. The first kappa shape index (κ1) is 16.8. The van der Waals surface area contributed by atoms with Gasteiger partial charge < -0.3 is 5.11 Å². The molecule has 2 heterocycles. The lowest BCUT2D eigenvalue weighted by molar-refractivity contribution is 0.106. The van der Waals surface area contributed by atoms with Gasteiger partial charge in [-0.25, -0.2) is 0 Å². The topological polar surface area (TPSA) is 41.3 Å². The second kappa shape index (κ2) is 7.61. The molecule has 0 amide bonds. The molecule has 0 spiro atoms. The Morgan fingerprint density at radius 3 is 2.76 bits per heavy atom. The van der Waals surface area contributed by atoms with Crippen molar-refractivity contribution in [3.05, 3.63) is 16.4 Å². The fraction of sp³-hybridized carbons (Fsp3) is 0.812. The van der Waals surface area contributed by atoms with Crippen LogP contribution in [0.15, 0.2) is 0 Å². The molecule has 120 valence electrons. The monoisotopic (exact) mass is 313 g/mol. The van der Waals surface area contributed by atoms with E-state index in [0.29, 0.717) is 6.04 Å². The Balaban J connectivity index is 2.16. The average Bonchev–Trinajstić information content (AvgIpc) is 2.60. The van der Waals surface area contributed by atoms with Crippen LogP contribution in [-0.2, 0) is 20.0 Å². The van der Waals surface area contributed by atoms with E-state index in [2.05, 4.69) is 16.9 Å². The number of likely N-dealkylation sites (tertiary alicyclic amines) is 1. The zero-order chi connectivity index (χ0) is 15.4. The van der Waals surface area contributed by atoms with E-state index in [4.69, 9.17) is 11.6 Å². The second-order valence-corrected chi connectivity index (χ2v) is 6.62. The van der Waals surface area contributed by atoms with Crippen LogP contribution in [0.4, 0.5) is 0 Å². The van der Waals surface area contributed by atoms with Crippen molar-refractivity contribution in [2.24, 2.45) is 7.05 Å². The molecule has 1 aliphatic rings. The highest BCUT2D eigenvalue weighted by atomic mass is 35.5. The zero-order valence-corrected chi connectivity index (χ0v) is 14.2. The molecule has 2 rings (SSSR count). The van der Waals surface area contributed by atoms with E-state index < -0.39 is 0 Å². The number of hydrogen-bond donors (Lipinski definition) is 1. The van der Waals surface area contributed by atoms with Gasteiger partial charge in [0, 0.05) is 19.6 Å².